The first kappa shape index (κ1) is 12.0. The maximum atomic E-state index is 11.2. The molecule has 82 valence electrons. The van der Waals surface area contributed by atoms with Crippen LogP contribution < -0.4 is 4.18 Å². The molecule has 0 amide bonds. The van der Waals surface area contributed by atoms with Crippen LogP contribution in [0.3, 0.4) is 0 Å². The fourth-order valence-electron chi connectivity index (χ4n) is 0.907. The Labute approximate surface area is 92.9 Å². The van der Waals surface area contributed by atoms with Crippen molar-refractivity contribution in [3.63, 3.8) is 0 Å². The number of carbonyl (C=O) groups excluding carboxylic acids is 1. The van der Waals surface area contributed by atoms with Crippen LogP contribution in [-0.4, -0.2) is 20.3 Å². The molecule has 0 N–H and O–H groups in total. The zero-order valence-electron chi connectivity index (χ0n) is 8.08. The average Bonchev–Trinajstić information content (AvgIpc) is 2.21. The molecule has 0 bridgehead atoms. The number of rotatable bonds is 4. The summed E-state index contributed by atoms with van der Waals surface area (Å²) in [6, 6.07) is 5.58. The second-order valence-corrected chi connectivity index (χ2v) is 4.26. The van der Waals surface area contributed by atoms with Crippen LogP contribution in [0.15, 0.2) is 29.3 Å². The molecular formula is C10H7NO4S. The lowest BCUT2D eigenvalue weighted by atomic mass is 10.3. The van der Waals surface area contributed by atoms with E-state index in [1.807, 2.05) is 5.92 Å². The molecule has 0 aliphatic heterocycles. The van der Waals surface area contributed by atoms with Gasteiger partial charge in [0.05, 0.1) is 5.69 Å². The summed E-state index contributed by atoms with van der Waals surface area (Å²) in [5, 5.41) is 0. The first-order chi connectivity index (χ1) is 7.57. The Kier molecular flexibility index (Phi) is 3.84. The molecule has 0 heterocycles. The van der Waals surface area contributed by atoms with Crippen LogP contribution in [-0.2, 0) is 14.9 Å². The van der Waals surface area contributed by atoms with Gasteiger partial charge in [0.25, 0.3) is 0 Å². The van der Waals surface area contributed by atoms with Crippen LogP contribution in [0.1, 0.15) is 0 Å². The summed E-state index contributed by atoms with van der Waals surface area (Å²) in [5.41, 5.74) is 0.358. The third-order valence-corrected chi connectivity index (χ3v) is 2.46. The summed E-state index contributed by atoms with van der Waals surface area (Å²) in [5.74, 6) is 1.59. The van der Waals surface area contributed by atoms with Crippen molar-refractivity contribution in [2.24, 2.45) is 4.99 Å². The smallest absolute Gasteiger partial charge is 0.320 e. The van der Waals surface area contributed by atoms with Gasteiger partial charge in [0.15, 0.2) is 0 Å². The van der Waals surface area contributed by atoms with Gasteiger partial charge in [-0.2, -0.15) is 13.4 Å². The minimum atomic E-state index is -3.75. The summed E-state index contributed by atoms with van der Waals surface area (Å²) < 4.78 is 27.0. The number of nitrogens with zero attached hydrogens (tertiary/aromatic N) is 1. The van der Waals surface area contributed by atoms with E-state index in [0.29, 0.717) is 5.69 Å². The van der Waals surface area contributed by atoms with Gasteiger partial charge in [-0.15, -0.1) is 6.42 Å². The van der Waals surface area contributed by atoms with Gasteiger partial charge < -0.3 is 4.18 Å². The fourth-order valence-corrected chi connectivity index (χ4v) is 1.57. The second-order valence-electron chi connectivity index (χ2n) is 2.69. The zero-order valence-corrected chi connectivity index (χ0v) is 8.90. The van der Waals surface area contributed by atoms with Crippen molar-refractivity contribution in [3.05, 3.63) is 24.3 Å². The van der Waals surface area contributed by atoms with Gasteiger partial charge in [0, 0.05) is 0 Å². The number of isocyanates is 1. The highest BCUT2D eigenvalue weighted by atomic mass is 32.2. The van der Waals surface area contributed by atoms with Crippen LogP contribution in [0.4, 0.5) is 5.69 Å². The molecule has 16 heavy (non-hydrogen) atoms. The van der Waals surface area contributed by atoms with E-state index in [1.165, 1.54) is 30.3 Å². The van der Waals surface area contributed by atoms with E-state index in [2.05, 4.69) is 9.18 Å². The first-order valence-electron chi connectivity index (χ1n) is 4.11. The largest absolute Gasteiger partial charge is 0.382 e. The van der Waals surface area contributed by atoms with Crippen LogP contribution in [0.2, 0.25) is 0 Å². The van der Waals surface area contributed by atoms with E-state index >= 15 is 0 Å². The highest BCUT2D eigenvalue weighted by Gasteiger charge is 2.10. The molecule has 0 saturated heterocycles. The molecule has 0 fully saturated rings. The highest BCUT2D eigenvalue weighted by molar-refractivity contribution is 7.87. The lowest BCUT2D eigenvalue weighted by Gasteiger charge is -2.03. The Morgan fingerprint density at radius 2 is 1.94 bits per heavy atom. The Morgan fingerprint density at radius 3 is 2.44 bits per heavy atom. The van der Waals surface area contributed by atoms with Crippen molar-refractivity contribution < 1.29 is 17.4 Å². The molecule has 0 aliphatic rings. The molecule has 0 radical (unpaired) electrons. The molecule has 0 unspecified atom stereocenters. The van der Waals surface area contributed by atoms with E-state index in [0.717, 1.165) is 0 Å². The molecule has 0 spiro atoms. The topological polar surface area (TPSA) is 72.8 Å². The van der Waals surface area contributed by atoms with E-state index in [-0.39, 0.29) is 5.75 Å². The fraction of sp³-hybridized carbons (Fsp3) is 0.100. The summed E-state index contributed by atoms with van der Waals surface area (Å²) in [6.07, 6.45) is 6.23. The number of aliphatic imine (C=N–C) groups is 1. The quantitative estimate of drug-likeness (QED) is 0.339. The zero-order chi connectivity index (χ0) is 12.0. The molecule has 1 aromatic carbocycles. The second kappa shape index (κ2) is 5.12. The minimum absolute atomic E-state index is 0.111. The van der Waals surface area contributed by atoms with Crippen LogP contribution >= 0.6 is 0 Å². The van der Waals surface area contributed by atoms with Gasteiger partial charge in [-0.25, -0.2) is 4.79 Å². The molecule has 0 atom stereocenters. The van der Waals surface area contributed by atoms with Crippen molar-refractivity contribution in [3.8, 4) is 18.1 Å². The maximum Gasteiger partial charge on any atom is 0.320 e. The molecule has 0 aliphatic carbocycles. The number of terminal acetylenes is 1. The van der Waals surface area contributed by atoms with Gasteiger partial charge >= 0.3 is 10.1 Å². The lowest BCUT2D eigenvalue weighted by Crippen LogP contribution is -2.12. The highest BCUT2D eigenvalue weighted by Crippen LogP contribution is 2.18. The van der Waals surface area contributed by atoms with Crippen molar-refractivity contribution >= 4 is 21.9 Å². The van der Waals surface area contributed by atoms with Crippen LogP contribution in [0.5, 0.6) is 5.75 Å². The number of hydrogen-bond acceptors (Lipinski definition) is 5. The van der Waals surface area contributed by atoms with Gasteiger partial charge in [0.2, 0.25) is 6.08 Å². The number of benzene rings is 1. The minimum Gasteiger partial charge on any atom is -0.382 e. The lowest BCUT2D eigenvalue weighted by molar-refractivity contribution is 0.490. The van der Waals surface area contributed by atoms with Crippen molar-refractivity contribution in [1.82, 2.24) is 0 Å². The molecule has 6 heteroatoms. The van der Waals surface area contributed by atoms with E-state index in [1.54, 1.807) is 0 Å². The summed E-state index contributed by atoms with van der Waals surface area (Å²) in [4.78, 5) is 13.3. The van der Waals surface area contributed by atoms with Crippen LogP contribution in [0.25, 0.3) is 0 Å². The third kappa shape index (κ3) is 3.58. The normalized spacial score (nSPS) is 9.94. The average molecular weight is 237 g/mol. The maximum absolute atomic E-state index is 11.2. The summed E-state index contributed by atoms with van der Waals surface area (Å²) in [7, 11) is -3.75. The molecule has 1 rings (SSSR count). The van der Waals surface area contributed by atoms with E-state index < -0.39 is 15.9 Å². The van der Waals surface area contributed by atoms with Gasteiger partial charge in [-0.05, 0) is 24.3 Å². The molecule has 5 nitrogen and oxygen atoms in total. The Morgan fingerprint density at radius 1 is 1.31 bits per heavy atom. The predicted octanol–water partition coefficient (Wildman–Crippen LogP) is 0.996. The third-order valence-electron chi connectivity index (χ3n) is 1.49. The molecular weight excluding hydrogens is 230 g/mol. The Balaban J connectivity index is 2.85. The Hall–Kier alpha value is -2.09. The molecule has 1 aromatic rings. The van der Waals surface area contributed by atoms with Gasteiger partial charge in [-0.1, -0.05) is 5.92 Å². The van der Waals surface area contributed by atoms with E-state index in [9.17, 15) is 13.2 Å². The van der Waals surface area contributed by atoms with Gasteiger partial charge in [0.1, 0.15) is 11.5 Å². The Bertz CT molecular complexity index is 547. The molecule has 0 aromatic heterocycles. The number of hydrogen-bond donors (Lipinski definition) is 0. The van der Waals surface area contributed by atoms with Crippen molar-refractivity contribution in [2.75, 3.05) is 5.75 Å². The van der Waals surface area contributed by atoms with Crippen LogP contribution in [0, 0.1) is 12.3 Å². The van der Waals surface area contributed by atoms with E-state index in [4.69, 9.17) is 6.42 Å². The standard InChI is InChI=1S/C10H7NO4S/c1-2-7-16(13,14)15-10-5-3-9(4-6-10)11-8-12/h1,3-6H,7H2. The first-order valence-corrected chi connectivity index (χ1v) is 5.69. The summed E-state index contributed by atoms with van der Waals surface area (Å²) in [6.45, 7) is 0. The van der Waals surface area contributed by atoms with Crippen molar-refractivity contribution in [1.29, 1.82) is 0 Å². The SMILES string of the molecule is C#CCS(=O)(=O)Oc1ccc(N=C=O)cc1. The molecule has 0 saturated carbocycles. The van der Waals surface area contributed by atoms with Crippen molar-refractivity contribution in [2.45, 2.75) is 0 Å². The summed E-state index contributed by atoms with van der Waals surface area (Å²) >= 11 is 0. The monoisotopic (exact) mass is 237 g/mol. The predicted molar refractivity (Wildman–Crippen MR) is 57.5 cm³/mol. The van der Waals surface area contributed by atoms with Gasteiger partial charge in [-0.3, -0.25) is 0 Å².